The molecule has 23 heavy (non-hydrogen) atoms. The zero-order valence-electron chi connectivity index (χ0n) is 12.9. The minimum absolute atomic E-state index is 0.548. The Bertz CT molecular complexity index is 947. The number of imidazole rings is 1. The van der Waals surface area contributed by atoms with Gasteiger partial charge in [0.1, 0.15) is 22.9 Å². The van der Waals surface area contributed by atoms with E-state index < -0.39 is 0 Å². The standard InChI is InChI=1S/C19H18N4/c20-18-17-16(15-8-7-12-3-1-6-14(12)11-15)22-19(13-4-2-5-13)23(17)10-9-21-18/h1,6-11,13H,2-5H2,(H2,20,21). The Hall–Kier alpha value is -2.62. The molecule has 1 fully saturated rings. The fourth-order valence-corrected chi connectivity index (χ4v) is 3.64. The first-order chi connectivity index (χ1) is 11.3. The molecule has 0 radical (unpaired) electrons. The molecule has 1 saturated carbocycles. The highest BCUT2D eigenvalue weighted by molar-refractivity contribution is 5.86. The molecule has 2 aliphatic carbocycles. The van der Waals surface area contributed by atoms with Crippen LogP contribution in [-0.4, -0.2) is 14.4 Å². The molecule has 5 rings (SSSR count). The Morgan fingerprint density at radius 1 is 1.22 bits per heavy atom. The predicted molar refractivity (Wildman–Crippen MR) is 92.2 cm³/mol. The average molecular weight is 302 g/mol. The summed E-state index contributed by atoms with van der Waals surface area (Å²) < 4.78 is 2.14. The van der Waals surface area contributed by atoms with Crippen molar-refractivity contribution in [3.05, 3.63) is 53.6 Å². The van der Waals surface area contributed by atoms with Crippen molar-refractivity contribution in [1.82, 2.24) is 14.4 Å². The lowest BCUT2D eigenvalue weighted by Gasteiger charge is -2.23. The number of hydrogen-bond acceptors (Lipinski definition) is 3. The molecule has 0 atom stereocenters. The fraction of sp³-hybridized carbons (Fsp3) is 0.263. The van der Waals surface area contributed by atoms with E-state index in [1.54, 1.807) is 6.20 Å². The Balaban J connectivity index is 1.76. The topological polar surface area (TPSA) is 56.2 Å². The van der Waals surface area contributed by atoms with E-state index >= 15 is 0 Å². The third kappa shape index (κ3) is 1.84. The van der Waals surface area contributed by atoms with E-state index in [9.17, 15) is 0 Å². The molecule has 4 heteroatoms. The van der Waals surface area contributed by atoms with Crippen LogP contribution in [0.1, 0.15) is 42.1 Å². The van der Waals surface area contributed by atoms with Crippen LogP contribution >= 0.6 is 0 Å². The zero-order chi connectivity index (χ0) is 15.4. The van der Waals surface area contributed by atoms with Crippen LogP contribution in [-0.2, 0) is 6.42 Å². The van der Waals surface area contributed by atoms with Gasteiger partial charge in [-0.15, -0.1) is 0 Å². The van der Waals surface area contributed by atoms with Gasteiger partial charge in [0.2, 0.25) is 0 Å². The van der Waals surface area contributed by atoms with Gasteiger partial charge in [0, 0.05) is 23.9 Å². The Morgan fingerprint density at radius 2 is 2.13 bits per heavy atom. The van der Waals surface area contributed by atoms with Crippen LogP contribution in [0.4, 0.5) is 5.82 Å². The predicted octanol–water partition coefficient (Wildman–Crippen LogP) is 3.82. The van der Waals surface area contributed by atoms with Crippen molar-refractivity contribution in [1.29, 1.82) is 0 Å². The third-order valence-electron chi connectivity index (χ3n) is 5.14. The maximum Gasteiger partial charge on any atom is 0.150 e. The van der Waals surface area contributed by atoms with Gasteiger partial charge in [-0.3, -0.25) is 4.40 Å². The van der Waals surface area contributed by atoms with Gasteiger partial charge in [-0.1, -0.05) is 30.7 Å². The van der Waals surface area contributed by atoms with Crippen molar-refractivity contribution >= 4 is 17.4 Å². The molecule has 2 aliphatic rings. The fourth-order valence-electron chi connectivity index (χ4n) is 3.64. The van der Waals surface area contributed by atoms with E-state index in [1.807, 2.05) is 6.20 Å². The maximum absolute atomic E-state index is 6.19. The van der Waals surface area contributed by atoms with E-state index in [1.165, 1.54) is 30.4 Å². The molecule has 0 spiro atoms. The molecule has 0 aliphatic heterocycles. The summed E-state index contributed by atoms with van der Waals surface area (Å²) in [6.45, 7) is 0. The SMILES string of the molecule is Nc1nccn2c(C3CCC3)nc(-c3ccc4c(c3)C=CC4)c12. The summed E-state index contributed by atoms with van der Waals surface area (Å²) >= 11 is 0. The van der Waals surface area contributed by atoms with Gasteiger partial charge in [-0.25, -0.2) is 9.97 Å². The second-order valence-corrected chi connectivity index (χ2v) is 6.50. The molecule has 2 N–H and O–H groups in total. The zero-order valence-corrected chi connectivity index (χ0v) is 12.9. The summed E-state index contributed by atoms with van der Waals surface area (Å²) in [6, 6.07) is 6.58. The maximum atomic E-state index is 6.19. The van der Waals surface area contributed by atoms with E-state index in [4.69, 9.17) is 10.7 Å². The molecule has 4 nitrogen and oxygen atoms in total. The van der Waals surface area contributed by atoms with Crippen molar-refractivity contribution in [2.24, 2.45) is 0 Å². The number of allylic oxidation sites excluding steroid dienone is 1. The summed E-state index contributed by atoms with van der Waals surface area (Å²) in [7, 11) is 0. The molecule has 0 amide bonds. The minimum atomic E-state index is 0.548. The number of hydrogen-bond donors (Lipinski definition) is 1. The molecule has 0 bridgehead atoms. The van der Waals surface area contributed by atoms with Crippen molar-refractivity contribution in [3.63, 3.8) is 0 Å². The van der Waals surface area contributed by atoms with Crippen molar-refractivity contribution in [3.8, 4) is 11.3 Å². The second kappa shape index (κ2) is 4.69. The number of nitrogens with zero attached hydrogens (tertiary/aromatic N) is 3. The molecule has 3 aromatic rings. The van der Waals surface area contributed by atoms with E-state index in [-0.39, 0.29) is 0 Å². The lowest BCUT2D eigenvalue weighted by atomic mass is 9.85. The first-order valence-corrected chi connectivity index (χ1v) is 8.23. The van der Waals surface area contributed by atoms with Crippen LogP contribution in [0.25, 0.3) is 22.9 Å². The number of aromatic nitrogens is 3. The van der Waals surface area contributed by atoms with Crippen molar-refractivity contribution in [2.45, 2.75) is 31.6 Å². The Labute approximate surface area is 134 Å². The van der Waals surface area contributed by atoms with Gasteiger partial charge < -0.3 is 5.73 Å². The molecule has 114 valence electrons. The van der Waals surface area contributed by atoms with Crippen LogP contribution in [0, 0.1) is 0 Å². The summed E-state index contributed by atoms with van der Waals surface area (Å²) in [5.74, 6) is 2.23. The van der Waals surface area contributed by atoms with Crippen LogP contribution in [0.5, 0.6) is 0 Å². The third-order valence-corrected chi connectivity index (χ3v) is 5.14. The summed E-state index contributed by atoms with van der Waals surface area (Å²) in [5, 5.41) is 0. The van der Waals surface area contributed by atoms with Gasteiger partial charge in [0.25, 0.3) is 0 Å². The Morgan fingerprint density at radius 3 is 2.96 bits per heavy atom. The quantitative estimate of drug-likeness (QED) is 0.783. The summed E-state index contributed by atoms with van der Waals surface area (Å²) in [5.41, 5.74) is 11.9. The summed E-state index contributed by atoms with van der Waals surface area (Å²) in [4.78, 5) is 9.27. The average Bonchev–Trinajstić information content (AvgIpc) is 3.10. The molecule has 1 aromatic carbocycles. The second-order valence-electron chi connectivity index (χ2n) is 6.50. The van der Waals surface area contributed by atoms with E-state index in [0.717, 1.165) is 29.0 Å². The molecule has 2 heterocycles. The minimum Gasteiger partial charge on any atom is -0.382 e. The van der Waals surface area contributed by atoms with Crippen LogP contribution in [0.3, 0.4) is 0 Å². The number of fused-ring (bicyclic) bond motifs is 2. The number of benzene rings is 1. The van der Waals surface area contributed by atoms with E-state index in [2.05, 4.69) is 39.7 Å². The highest BCUT2D eigenvalue weighted by atomic mass is 15.1. The normalized spacial score (nSPS) is 16.7. The number of rotatable bonds is 2. The largest absolute Gasteiger partial charge is 0.382 e. The summed E-state index contributed by atoms with van der Waals surface area (Å²) in [6.07, 6.45) is 12.9. The van der Waals surface area contributed by atoms with Crippen molar-refractivity contribution < 1.29 is 0 Å². The van der Waals surface area contributed by atoms with Gasteiger partial charge in [0.15, 0.2) is 0 Å². The van der Waals surface area contributed by atoms with Gasteiger partial charge in [-0.05, 0) is 36.5 Å². The Kier molecular flexibility index (Phi) is 2.62. The number of anilines is 1. The van der Waals surface area contributed by atoms with Crippen molar-refractivity contribution in [2.75, 3.05) is 5.73 Å². The number of nitrogens with two attached hydrogens (primary N) is 1. The lowest BCUT2D eigenvalue weighted by Crippen LogP contribution is -2.12. The smallest absolute Gasteiger partial charge is 0.150 e. The molecular weight excluding hydrogens is 284 g/mol. The monoisotopic (exact) mass is 302 g/mol. The van der Waals surface area contributed by atoms with E-state index in [0.29, 0.717) is 11.7 Å². The van der Waals surface area contributed by atoms with Gasteiger partial charge >= 0.3 is 0 Å². The first kappa shape index (κ1) is 12.9. The molecule has 0 unspecified atom stereocenters. The first-order valence-electron chi connectivity index (χ1n) is 8.23. The van der Waals surface area contributed by atoms with Crippen LogP contribution in [0.2, 0.25) is 0 Å². The highest BCUT2D eigenvalue weighted by Crippen LogP contribution is 2.39. The van der Waals surface area contributed by atoms with Gasteiger partial charge in [-0.2, -0.15) is 0 Å². The van der Waals surface area contributed by atoms with Crippen LogP contribution in [0.15, 0.2) is 36.7 Å². The molecule has 2 aromatic heterocycles. The number of nitrogen functional groups attached to an aromatic ring is 1. The van der Waals surface area contributed by atoms with Crippen LogP contribution < -0.4 is 5.73 Å². The highest BCUT2D eigenvalue weighted by Gasteiger charge is 2.27. The molecule has 0 saturated heterocycles. The van der Waals surface area contributed by atoms with Gasteiger partial charge in [0.05, 0.1) is 0 Å². The molecular formula is C19H18N4. The lowest BCUT2D eigenvalue weighted by molar-refractivity contribution is 0.400.